The summed E-state index contributed by atoms with van der Waals surface area (Å²) in [4.78, 5) is 15.6. The molecule has 2 amide bonds. The molecule has 5 heteroatoms. The monoisotopic (exact) mass is 329 g/mol. The molecule has 1 heterocycles. The predicted molar refractivity (Wildman–Crippen MR) is 96.2 cm³/mol. The lowest BCUT2D eigenvalue weighted by Crippen LogP contribution is -2.46. The SMILES string of the molecule is Cc1ccc2[nH]c3c(c2c1)CC(NC(=O)NCC(O)C(C)C)CC3. The number of aromatic amines is 1. The molecule has 0 saturated carbocycles. The average molecular weight is 329 g/mol. The van der Waals surface area contributed by atoms with E-state index in [4.69, 9.17) is 0 Å². The molecule has 0 aliphatic heterocycles. The summed E-state index contributed by atoms with van der Waals surface area (Å²) in [5.74, 6) is 0.136. The number of H-pyrrole nitrogens is 1. The van der Waals surface area contributed by atoms with Gasteiger partial charge in [-0.3, -0.25) is 0 Å². The zero-order valence-electron chi connectivity index (χ0n) is 14.6. The van der Waals surface area contributed by atoms with Crippen molar-refractivity contribution in [1.29, 1.82) is 0 Å². The molecule has 1 aliphatic carbocycles. The zero-order chi connectivity index (χ0) is 17.3. The molecule has 1 aliphatic rings. The third kappa shape index (κ3) is 3.56. The Morgan fingerprint density at radius 1 is 1.42 bits per heavy atom. The fourth-order valence-electron chi connectivity index (χ4n) is 3.32. The summed E-state index contributed by atoms with van der Waals surface area (Å²) < 4.78 is 0. The van der Waals surface area contributed by atoms with Gasteiger partial charge in [0.15, 0.2) is 0 Å². The maximum absolute atomic E-state index is 12.1. The second-order valence-electron chi connectivity index (χ2n) is 7.24. The number of aliphatic hydroxyl groups is 1. The number of fused-ring (bicyclic) bond motifs is 3. The first kappa shape index (κ1) is 16.8. The number of urea groups is 1. The van der Waals surface area contributed by atoms with Gasteiger partial charge in [-0.2, -0.15) is 0 Å². The van der Waals surface area contributed by atoms with Gasteiger partial charge in [-0.15, -0.1) is 0 Å². The van der Waals surface area contributed by atoms with E-state index >= 15 is 0 Å². The van der Waals surface area contributed by atoms with Gasteiger partial charge >= 0.3 is 6.03 Å². The lowest BCUT2D eigenvalue weighted by molar-refractivity contribution is 0.124. The Balaban J connectivity index is 1.63. The molecule has 0 bridgehead atoms. The largest absolute Gasteiger partial charge is 0.391 e. The maximum atomic E-state index is 12.1. The van der Waals surface area contributed by atoms with Crippen LogP contribution in [0.2, 0.25) is 0 Å². The van der Waals surface area contributed by atoms with Gasteiger partial charge in [0.2, 0.25) is 0 Å². The highest BCUT2D eigenvalue weighted by Crippen LogP contribution is 2.29. The fraction of sp³-hybridized carbons (Fsp3) is 0.526. The van der Waals surface area contributed by atoms with Crippen LogP contribution in [0.3, 0.4) is 0 Å². The topological polar surface area (TPSA) is 77.2 Å². The van der Waals surface area contributed by atoms with E-state index in [0.717, 1.165) is 19.3 Å². The minimum absolute atomic E-state index is 0.133. The summed E-state index contributed by atoms with van der Waals surface area (Å²) in [5.41, 5.74) is 5.05. The van der Waals surface area contributed by atoms with Crippen LogP contribution in [0.4, 0.5) is 4.79 Å². The second kappa shape index (κ2) is 6.85. The number of aromatic nitrogens is 1. The minimum atomic E-state index is -0.509. The number of carbonyl (C=O) groups excluding carboxylic acids is 1. The Hall–Kier alpha value is -2.01. The Labute approximate surface area is 142 Å². The quantitative estimate of drug-likeness (QED) is 0.696. The Bertz CT molecular complexity index is 736. The molecule has 0 spiro atoms. The van der Waals surface area contributed by atoms with Gasteiger partial charge in [0.1, 0.15) is 0 Å². The third-order valence-electron chi connectivity index (χ3n) is 4.92. The van der Waals surface area contributed by atoms with Crippen LogP contribution in [0.5, 0.6) is 0 Å². The van der Waals surface area contributed by atoms with Crippen LogP contribution in [0.1, 0.15) is 37.1 Å². The highest BCUT2D eigenvalue weighted by molar-refractivity contribution is 5.86. The van der Waals surface area contributed by atoms with E-state index in [1.54, 1.807) is 0 Å². The number of benzene rings is 1. The molecule has 1 aromatic heterocycles. The summed E-state index contributed by atoms with van der Waals surface area (Å²) in [7, 11) is 0. The molecule has 2 atom stereocenters. The Morgan fingerprint density at radius 3 is 2.96 bits per heavy atom. The molecule has 24 heavy (non-hydrogen) atoms. The van der Waals surface area contributed by atoms with Crippen LogP contribution in [-0.2, 0) is 12.8 Å². The van der Waals surface area contributed by atoms with Gasteiger partial charge in [-0.05, 0) is 49.8 Å². The molecule has 1 aromatic carbocycles. The van der Waals surface area contributed by atoms with Crippen LogP contribution >= 0.6 is 0 Å². The smallest absolute Gasteiger partial charge is 0.315 e. The van der Waals surface area contributed by atoms with Gasteiger partial charge in [-0.25, -0.2) is 4.79 Å². The number of aliphatic hydroxyl groups excluding tert-OH is 1. The predicted octanol–water partition coefficient (Wildman–Crippen LogP) is 2.65. The van der Waals surface area contributed by atoms with Crippen molar-refractivity contribution in [2.45, 2.75) is 52.2 Å². The van der Waals surface area contributed by atoms with Crippen LogP contribution in [0.15, 0.2) is 18.2 Å². The zero-order valence-corrected chi connectivity index (χ0v) is 14.6. The number of hydrogen-bond donors (Lipinski definition) is 4. The van der Waals surface area contributed by atoms with Gasteiger partial charge in [0.05, 0.1) is 6.10 Å². The fourth-order valence-corrected chi connectivity index (χ4v) is 3.32. The van der Waals surface area contributed by atoms with Crippen molar-refractivity contribution < 1.29 is 9.90 Å². The summed E-state index contributed by atoms with van der Waals surface area (Å²) in [6.07, 6.45) is 2.21. The van der Waals surface area contributed by atoms with E-state index in [1.807, 2.05) is 13.8 Å². The number of amides is 2. The van der Waals surface area contributed by atoms with Crippen molar-refractivity contribution >= 4 is 16.9 Å². The summed E-state index contributed by atoms with van der Waals surface area (Å²) >= 11 is 0. The minimum Gasteiger partial charge on any atom is -0.391 e. The van der Waals surface area contributed by atoms with Crippen molar-refractivity contribution in [3.8, 4) is 0 Å². The van der Waals surface area contributed by atoms with Crippen LogP contribution in [0.25, 0.3) is 10.9 Å². The molecule has 4 N–H and O–H groups in total. The highest BCUT2D eigenvalue weighted by Gasteiger charge is 2.24. The van der Waals surface area contributed by atoms with Crippen molar-refractivity contribution in [2.24, 2.45) is 5.92 Å². The lowest BCUT2D eigenvalue weighted by atomic mass is 9.91. The lowest BCUT2D eigenvalue weighted by Gasteiger charge is -2.24. The molecule has 2 aromatic rings. The van der Waals surface area contributed by atoms with Gasteiger partial charge in [-0.1, -0.05) is 25.5 Å². The van der Waals surface area contributed by atoms with Crippen LogP contribution < -0.4 is 10.6 Å². The van der Waals surface area contributed by atoms with Crippen LogP contribution in [0, 0.1) is 12.8 Å². The molecule has 0 radical (unpaired) electrons. The molecule has 3 rings (SSSR count). The molecule has 2 unspecified atom stereocenters. The number of carbonyl (C=O) groups is 1. The van der Waals surface area contributed by atoms with Gasteiger partial charge in [0, 0.05) is 29.2 Å². The molecular formula is C19H27N3O2. The number of nitrogens with one attached hydrogen (secondary N) is 3. The number of rotatable bonds is 4. The molecule has 130 valence electrons. The normalized spacial score (nSPS) is 18.5. The van der Waals surface area contributed by atoms with Crippen LogP contribution in [-0.4, -0.2) is 34.8 Å². The van der Waals surface area contributed by atoms with Crippen molar-refractivity contribution in [1.82, 2.24) is 15.6 Å². The number of aryl methyl sites for hydroxylation is 2. The van der Waals surface area contributed by atoms with E-state index in [-0.39, 0.29) is 24.5 Å². The van der Waals surface area contributed by atoms with Gasteiger partial charge in [0.25, 0.3) is 0 Å². The molecule has 5 nitrogen and oxygen atoms in total. The van der Waals surface area contributed by atoms with E-state index in [9.17, 15) is 9.90 Å². The summed E-state index contributed by atoms with van der Waals surface area (Å²) in [5, 5.41) is 16.9. The first-order chi connectivity index (χ1) is 11.4. The first-order valence-corrected chi connectivity index (χ1v) is 8.76. The molecule has 0 fully saturated rings. The maximum Gasteiger partial charge on any atom is 0.315 e. The molecule has 0 saturated heterocycles. The van der Waals surface area contributed by atoms with Crippen molar-refractivity contribution in [3.63, 3.8) is 0 Å². The first-order valence-electron chi connectivity index (χ1n) is 8.76. The Kier molecular flexibility index (Phi) is 4.81. The number of hydrogen-bond acceptors (Lipinski definition) is 2. The van der Waals surface area contributed by atoms with Crippen molar-refractivity contribution in [2.75, 3.05) is 6.54 Å². The van der Waals surface area contributed by atoms with E-state index in [2.05, 4.69) is 40.7 Å². The van der Waals surface area contributed by atoms with E-state index in [0.29, 0.717) is 0 Å². The highest BCUT2D eigenvalue weighted by atomic mass is 16.3. The summed E-state index contributed by atoms with van der Waals surface area (Å²) in [6, 6.07) is 6.40. The average Bonchev–Trinajstić information content (AvgIpc) is 2.90. The Morgan fingerprint density at radius 2 is 2.21 bits per heavy atom. The molecular weight excluding hydrogens is 302 g/mol. The third-order valence-corrected chi connectivity index (χ3v) is 4.92. The van der Waals surface area contributed by atoms with E-state index < -0.39 is 6.10 Å². The van der Waals surface area contributed by atoms with Crippen molar-refractivity contribution in [3.05, 3.63) is 35.0 Å². The van der Waals surface area contributed by atoms with Gasteiger partial charge < -0.3 is 20.7 Å². The second-order valence-corrected chi connectivity index (χ2v) is 7.24. The van der Waals surface area contributed by atoms with E-state index in [1.165, 1.54) is 27.7 Å². The summed E-state index contributed by atoms with van der Waals surface area (Å²) in [6.45, 7) is 6.26. The standard InChI is InChI=1S/C19H27N3O2/c1-11(2)18(23)10-20-19(24)21-13-5-7-17-15(9-13)14-8-12(3)4-6-16(14)22-17/h4,6,8,11,13,18,22-23H,5,7,9-10H2,1-3H3,(H2,20,21,24).